The lowest BCUT2D eigenvalue weighted by molar-refractivity contribution is -0.233. The maximum absolute atomic E-state index is 11.0. The highest BCUT2D eigenvalue weighted by Crippen LogP contribution is 2.24. The smallest absolute Gasteiger partial charge is 0.302 e. The Morgan fingerprint density at radius 3 is 2.71 bits per heavy atom. The number of benzene rings is 1. The van der Waals surface area contributed by atoms with Crippen molar-refractivity contribution in [3.8, 4) is 0 Å². The highest BCUT2D eigenvalue weighted by atomic mass is 16.7. The van der Waals surface area contributed by atoms with Crippen LogP contribution in [0.1, 0.15) is 25.3 Å². The summed E-state index contributed by atoms with van der Waals surface area (Å²) in [5, 5.41) is 0. The van der Waals surface area contributed by atoms with Gasteiger partial charge in [-0.15, -0.1) is 0 Å². The van der Waals surface area contributed by atoms with Gasteiger partial charge in [0.1, 0.15) is 12.7 Å². The van der Waals surface area contributed by atoms with E-state index in [1.807, 2.05) is 30.3 Å². The molecule has 1 heterocycles. The van der Waals surface area contributed by atoms with Gasteiger partial charge in [0.05, 0.1) is 12.7 Å². The summed E-state index contributed by atoms with van der Waals surface area (Å²) in [5.74, 6) is -0.319. The molecular formula is C16H22O5. The van der Waals surface area contributed by atoms with E-state index in [-0.39, 0.29) is 31.1 Å². The molecule has 0 spiro atoms. The van der Waals surface area contributed by atoms with Crippen LogP contribution in [0.5, 0.6) is 0 Å². The predicted molar refractivity (Wildman–Crippen MR) is 76.6 cm³/mol. The Hall–Kier alpha value is -1.43. The van der Waals surface area contributed by atoms with E-state index in [9.17, 15) is 4.79 Å². The zero-order valence-corrected chi connectivity index (χ0v) is 12.5. The highest BCUT2D eigenvalue weighted by Gasteiger charge is 2.32. The number of hydrogen-bond donors (Lipinski definition) is 0. The molecule has 1 aliphatic heterocycles. The van der Waals surface area contributed by atoms with Crippen molar-refractivity contribution >= 4 is 5.97 Å². The molecule has 0 bridgehead atoms. The van der Waals surface area contributed by atoms with Gasteiger partial charge in [0.2, 0.25) is 0 Å². The number of carbonyl (C=O) groups excluding carboxylic acids is 1. The maximum Gasteiger partial charge on any atom is 0.302 e. The van der Waals surface area contributed by atoms with Gasteiger partial charge in [0.25, 0.3) is 0 Å². The molecular weight excluding hydrogens is 272 g/mol. The van der Waals surface area contributed by atoms with E-state index >= 15 is 0 Å². The van der Waals surface area contributed by atoms with Crippen molar-refractivity contribution in [3.63, 3.8) is 0 Å². The second-order valence-corrected chi connectivity index (χ2v) is 5.05. The number of ether oxygens (including phenoxy) is 4. The Morgan fingerprint density at radius 2 is 2.05 bits per heavy atom. The molecule has 0 N–H and O–H groups in total. The van der Waals surface area contributed by atoms with Crippen LogP contribution in [-0.2, 0) is 30.3 Å². The van der Waals surface area contributed by atoms with Gasteiger partial charge in [-0.25, -0.2) is 0 Å². The first-order chi connectivity index (χ1) is 10.2. The zero-order valence-electron chi connectivity index (χ0n) is 12.5. The van der Waals surface area contributed by atoms with Crippen molar-refractivity contribution in [2.24, 2.45) is 0 Å². The fourth-order valence-corrected chi connectivity index (χ4v) is 2.32. The second kappa shape index (κ2) is 8.12. The Labute approximate surface area is 125 Å². The molecule has 0 radical (unpaired) electrons. The van der Waals surface area contributed by atoms with E-state index in [4.69, 9.17) is 18.9 Å². The summed E-state index contributed by atoms with van der Waals surface area (Å²) >= 11 is 0. The van der Waals surface area contributed by atoms with E-state index in [0.29, 0.717) is 6.61 Å². The number of hydrogen-bond acceptors (Lipinski definition) is 5. The molecule has 0 aromatic heterocycles. The van der Waals surface area contributed by atoms with Crippen LogP contribution in [0.25, 0.3) is 0 Å². The average molecular weight is 294 g/mol. The molecule has 5 heteroatoms. The lowest BCUT2D eigenvalue weighted by Crippen LogP contribution is -2.44. The average Bonchev–Trinajstić information content (AvgIpc) is 2.52. The first kappa shape index (κ1) is 15.9. The van der Waals surface area contributed by atoms with Crippen molar-refractivity contribution < 1.29 is 23.7 Å². The molecule has 0 saturated carbocycles. The summed E-state index contributed by atoms with van der Waals surface area (Å²) in [6.07, 6.45) is 0.929. The topological polar surface area (TPSA) is 54.0 Å². The van der Waals surface area contributed by atoms with Gasteiger partial charge in [-0.05, 0) is 12.0 Å². The molecule has 1 aliphatic rings. The van der Waals surface area contributed by atoms with E-state index in [1.165, 1.54) is 6.92 Å². The Kier molecular flexibility index (Phi) is 6.17. The molecule has 21 heavy (non-hydrogen) atoms. The lowest BCUT2D eigenvalue weighted by Gasteiger charge is -2.35. The van der Waals surface area contributed by atoms with Gasteiger partial charge < -0.3 is 18.9 Å². The molecule has 1 fully saturated rings. The quantitative estimate of drug-likeness (QED) is 0.753. The van der Waals surface area contributed by atoms with Gasteiger partial charge in [0, 0.05) is 20.5 Å². The second-order valence-electron chi connectivity index (χ2n) is 5.05. The van der Waals surface area contributed by atoms with Crippen molar-refractivity contribution in [2.45, 2.75) is 44.9 Å². The summed E-state index contributed by atoms with van der Waals surface area (Å²) in [4.78, 5) is 11.0. The van der Waals surface area contributed by atoms with Gasteiger partial charge in [0.15, 0.2) is 6.29 Å². The van der Waals surface area contributed by atoms with E-state index in [2.05, 4.69) is 0 Å². The van der Waals surface area contributed by atoms with Crippen LogP contribution in [0, 0.1) is 0 Å². The fourth-order valence-electron chi connectivity index (χ4n) is 2.32. The fraction of sp³-hybridized carbons (Fsp3) is 0.562. The first-order valence-electron chi connectivity index (χ1n) is 7.16. The minimum Gasteiger partial charge on any atom is -0.463 e. The van der Waals surface area contributed by atoms with Gasteiger partial charge in [-0.3, -0.25) is 4.79 Å². The molecule has 1 saturated heterocycles. The standard InChI is InChI=1S/C16H22O5/c1-12(17)19-11-15-14(8-9-16(18-2)21-15)20-10-13-6-4-3-5-7-13/h3-7,14-16H,8-11H2,1-2H3/t14-,15+,16-/m1/s1. The Bertz CT molecular complexity index is 434. The first-order valence-corrected chi connectivity index (χ1v) is 7.16. The summed E-state index contributed by atoms with van der Waals surface area (Å²) in [6.45, 7) is 2.09. The van der Waals surface area contributed by atoms with E-state index in [0.717, 1.165) is 18.4 Å². The predicted octanol–water partition coefficient (Wildman–Crippen LogP) is 2.29. The summed E-state index contributed by atoms with van der Waals surface area (Å²) in [6, 6.07) is 9.96. The third kappa shape index (κ3) is 5.12. The molecule has 2 rings (SSSR count). The summed E-state index contributed by atoms with van der Waals surface area (Å²) in [5.41, 5.74) is 1.11. The summed E-state index contributed by atoms with van der Waals surface area (Å²) in [7, 11) is 1.61. The molecule has 1 aromatic carbocycles. The number of esters is 1. The van der Waals surface area contributed by atoms with Crippen LogP contribution in [0.15, 0.2) is 30.3 Å². The van der Waals surface area contributed by atoms with Crippen LogP contribution >= 0.6 is 0 Å². The zero-order chi connectivity index (χ0) is 15.1. The monoisotopic (exact) mass is 294 g/mol. The molecule has 5 nitrogen and oxygen atoms in total. The van der Waals surface area contributed by atoms with Gasteiger partial charge in [-0.1, -0.05) is 30.3 Å². The third-order valence-electron chi connectivity index (χ3n) is 3.45. The molecule has 1 aromatic rings. The van der Waals surface area contributed by atoms with Crippen LogP contribution < -0.4 is 0 Å². The summed E-state index contributed by atoms with van der Waals surface area (Å²) < 4.78 is 22.0. The van der Waals surface area contributed by atoms with Gasteiger partial charge in [-0.2, -0.15) is 0 Å². The highest BCUT2D eigenvalue weighted by molar-refractivity contribution is 5.65. The normalized spacial score (nSPS) is 25.5. The minimum absolute atomic E-state index is 0.101. The van der Waals surface area contributed by atoms with Crippen molar-refractivity contribution in [3.05, 3.63) is 35.9 Å². The van der Waals surface area contributed by atoms with E-state index < -0.39 is 0 Å². The van der Waals surface area contributed by atoms with Crippen molar-refractivity contribution in [2.75, 3.05) is 13.7 Å². The van der Waals surface area contributed by atoms with Crippen molar-refractivity contribution in [1.29, 1.82) is 0 Å². The SMILES string of the molecule is CO[C@H]1CC[C@@H](OCc2ccccc2)[C@H](COC(C)=O)O1. The number of methoxy groups -OCH3 is 1. The van der Waals surface area contributed by atoms with Crippen LogP contribution in [0.3, 0.4) is 0 Å². The third-order valence-corrected chi connectivity index (χ3v) is 3.45. The Morgan fingerprint density at radius 1 is 1.29 bits per heavy atom. The van der Waals surface area contributed by atoms with Crippen molar-refractivity contribution in [1.82, 2.24) is 0 Å². The van der Waals surface area contributed by atoms with Crippen LogP contribution in [-0.4, -0.2) is 38.2 Å². The molecule has 0 unspecified atom stereocenters. The minimum atomic E-state index is -0.319. The van der Waals surface area contributed by atoms with Gasteiger partial charge >= 0.3 is 5.97 Å². The largest absolute Gasteiger partial charge is 0.463 e. The Balaban J connectivity index is 1.89. The molecule has 0 amide bonds. The van der Waals surface area contributed by atoms with E-state index in [1.54, 1.807) is 7.11 Å². The van der Waals surface area contributed by atoms with Crippen LogP contribution in [0.4, 0.5) is 0 Å². The molecule has 0 aliphatic carbocycles. The lowest BCUT2D eigenvalue weighted by atomic mass is 10.0. The number of rotatable bonds is 6. The number of carbonyl (C=O) groups is 1. The molecule has 3 atom stereocenters. The maximum atomic E-state index is 11.0. The molecule has 116 valence electrons. The van der Waals surface area contributed by atoms with Crippen LogP contribution in [0.2, 0.25) is 0 Å².